The summed E-state index contributed by atoms with van der Waals surface area (Å²) < 4.78 is 15.2. The molecule has 0 bridgehead atoms. The third-order valence-corrected chi connectivity index (χ3v) is 2.88. The van der Waals surface area contributed by atoms with Crippen LogP contribution in [0.3, 0.4) is 0 Å². The first-order valence-corrected chi connectivity index (χ1v) is 6.11. The van der Waals surface area contributed by atoms with Crippen LogP contribution in [0.1, 0.15) is 17.4 Å². The second kappa shape index (κ2) is 5.32. The van der Waals surface area contributed by atoms with Crippen LogP contribution in [0, 0.1) is 5.82 Å². The van der Waals surface area contributed by atoms with Crippen molar-refractivity contribution in [1.29, 1.82) is 0 Å². The third kappa shape index (κ3) is 2.88. The number of hydrogen-bond donors (Lipinski definition) is 2. The maximum Gasteiger partial charge on any atom is 0.272 e. The molecule has 1 aromatic carbocycles. The van der Waals surface area contributed by atoms with Crippen LogP contribution in [0.4, 0.5) is 15.8 Å². The van der Waals surface area contributed by atoms with E-state index in [0.29, 0.717) is 22.9 Å². The number of nitrogen functional groups attached to an aromatic ring is 1. The maximum atomic E-state index is 13.5. The number of amides is 1. The predicted octanol–water partition coefficient (Wildman–Crippen LogP) is 3.14. The van der Waals surface area contributed by atoms with Crippen molar-refractivity contribution in [3.05, 3.63) is 47.0 Å². The van der Waals surface area contributed by atoms with Crippen molar-refractivity contribution >= 4 is 28.9 Å². The van der Waals surface area contributed by atoms with Gasteiger partial charge in [-0.2, -0.15) is 0 Å². The van der Waals surface area contributed by atoms with E-state index in [1.165, 1.54) is 24.3 Å². The molecule has 1 heterocycles. The van der Waals surface area contributed by atoms with Crippen molar-refractivity contribution < 1.29 is 9.18 Å². The number of aromatic nitrogens is 1. The van der Waals surface area contributed by atoms with Crippen LogP contribution < -0.4 is 11.1 Å². The van der Waals surface area contributed by atoms with Crippen LogP contribution in [0.2, 0.25) is 5.02 Å². The molecular weight excluding hydrogens is 269 g/mol. The van der Waals surface area contributed by atoms with Gasteiger partial charge in [-0.15, -0.1) is 0 Å². The summed E-state index contributed by atoms with van der Waals surface area (Å²) >= 11 is 5.85. The van der Waals surface area contributed by atoms with Crippen molar-refractivity contribution in [2.24, 2.45) is 0 Å². The number of hydrogen-bond acceptors (Lipinski definition) is 2. The molecule has 0 fully saturated rings. The van der Waals surface area contributed by atoms with Gasteiger partial charge in [0.2, 0.25) is 0 Å². The minimum absolute atomic E-state index is 0.0463. The van der Waals surface area contributed by atoms with Crippen molar-refractivity contribution in [3.8, 4) is 0 Å². The first-order valence-electron chi connectivity index (χ1n) is 5.73. The van der Waals surface area contributed by atoms with Gasteiger partial charge in [-0.1, -0.05) is 11.6 Å². The van der Waals surface area contributed by atoms with Gasteiger partial charge in [-0.25, -0.2) is 4.39 Å². The quantitative estimate of drug-likeness (QED) is 0.849. The zero-order valence-electron chi connectivity index (χ0n) is 10.3. The number of benzene rings is 1. The van der Waals surface area contributed by atoms with Crippen molar-refractivity contribution in [2.75, 3.05) is 11.1 Å². The van der Waals surface area contributed by atoms with Crippen LogP contribution in [-0.2, 0) is 6.54 Å². The highest BCUT2D eigenvalue weighted by atomic mass is 35.5. The Hall–Kier alpha value is -2.01. The van der Waals surface area contributed by atoms with Crippen LogP contribution in [0.15, 0.2) is 30.5 Å². The van der Waals surface area contributed by atoms with Gasteiger partial charge in [0, 0.05) is 18.4 Å². The number of nitrogens with one attached hydrogen (secondary N) is 1. The molecule has 4 nitrogen and oxygen atoms in total. The molecular formula is C13H13ClFN3O. The standard InChI is InChI=1S/C13H13ClFN3O/c1-2-18-7-8(14)5-12(18)13(19)17-11-6-9(16)3-4-10(11)15/h3-7H,2,16H2,1H3,(H,17,19). The molecule has 0 saturated heterocycles. The Morgan fingerprint density at radius 2 is 2.21 bits per heavy atom. The smallest absolute Gasteiger partial charge is 0.272 e. The van der Waals surface area contributed by atoms with E-state index in [4.69, 9.17) is 17.3 Å². The number of halogens is 2. The van der Waals surface area contributed by atoms with E-state index in [2.05, 4.69) is 5.32 Å². The fourth-order valence-corrected chi connectivity index (χ4v) is 1.97. The number of anilines is 2. The van der Waals surface area contributed by atoms with Gasteiger partial charge < -0.3 is 15.6 Å². The SMILES string of the molecule is CCn1cc(Cl)cc1C(=O)Nc1cc(N)ccc1F. The topological polar surface area (TPSA) is 60.0 Å². The Kier molecular flexibility index (Phi) is 3.76. The van der Waals surface area contributed by atoms with E-state index in [9.17, 15) is 9.18 Å². The number of aryl methyl sites for hydroxylation is 1. The summed E-state index contributed by atoms with van der Waals surface area (Å²) in [7, 11) is 0. The molecule has 0 aliphatic carbocycles. The lowest BCUT2D eigenvalue weighted by atomic mass is 10.2. The normalized spacial score (nSPS) is 10.5. The van der Waals surface area contributed by atoms with Gasteiger partial charge in [0.1, 0.15) is 11.5 Å². The second-order valence-corrected chi connectivity index (χ2v) is 4.46. The summed E-state index contributed by atoms with van der Waals surface area (Å²) in [5, 5.41) is 2.94. The monoisotopic (exact) mass is 281 g/mol. The first-order chi connectivity index (χ1) is 9.01. The highest BCUT2D eigenvalue weighted by Gasteiger charge is 2.14. The summed E-state index contributed by atoms with van der Waals surface area (Å²) in [4.78, 5) is 12.1. The molecule has 0 saturated carbocycles. The van der Waals surface area contributed by atoms with Gasteiger partial charge >= 0.3 is 0 Å². The number of nitrogens with two attached hydrogens (primary N) is 1. The fourth-order valence-electron chi connectivity index (χ4n) is 1.75. The van der Waals surface area contributed by atoms with E-state index in [1.807, 2.05) is 6.92 Å². The van der Waals surface area contributed by atoms with E-state index in [-0.39, 0.29) is 5.69 Å². The molecule has 0 aliphatic rings. The Morgan fingerprint density at radius 1 is 1.47 bits per heavy atom. The minimum atomic E-state index is -0.539. The van der Waals surface area contributed by atoms with Gasteiger partial charge in [0.05, 0.1) is 10.7 Å². The number of carbonyl (C=O) groups excluding carboxylic acids is 1. The first kappa shape index (κ1) is 13.4. The second-order valence-electron chi connectivity index (χ2n) is 4.02. The van der Waals surface area contributed by atoms with E-state index in [1.54, 1.807) is 10.8 Å². The molecule has 100 valence electrons. The predicted molar refractivity (Wildman–Crippen MR) is 73.9 cm³/mol. The van der Waals surface area contributed by atoms with E-state index < -0.39 is 11.7 Å². The molecule has 1 amide bonds. The summed E-state index contributed by atoms with van der Waals surface area (Å²) in [5.74, 6) is -0.971. The van der Waals surface area contributed by atoms with Crippen LogP contribution in [0.5, 0.6) is 0 Å². The van der Waals surface area contributed by atoms with Gasteiger partial charge in [-0.05, 0) is 31.2 Å². The molecule has 3 N–H and O–H groups in total. The highest BCUT2D eigenvalue weighted by molar-refractivity contribution is 6.31. The van der Waals surface area contributed by atoms with Crippen molar-refractivity contribution in [1.82, 2.24) is 4.57 Å². The molecule has 2 rings (SSSR count). The van der Waals surface area contributed by atoms with E-state index in [0.717, 1.165) is 0 Å². The molecule has 6 heteroatoms. The Balaban J connectivity index is 2.27. The summed E-state index contributed by atoms with van der Waals surface area (Å²) in [6.45, 7) is 2.48. The Morgan fingerprint density at radius 3 is 2.89 bits per heavy atom. The minimum Gasteiger partial charge on any atom is -0.399 e. The summed E-state index contributed by atoms with van der Waals surface area (Å²) in [5.41, 5.74) is 6.35. The zero-order chi connectivity index (χ0) is 14.0. The van der Waals surface area contributed by atoms with E-state index >= 15 is 0 Å². The van der Waals surface area contributed by atoms with Gasteiger partial charge in [0.25, 0.3) is 5.91 Å². The lowest BCUT2D eigenvalue weighted by molar-refractivity contribution is 0.101. The number of carbonyl (C=O) groups is 1. The molecule has 0 spiro atoms. The van der Waals surface area contributed by atoms with Gasteiger partial charge in [-0.3, -0.25) is 4.79 Å². The molecule has 1 aromatic heterocycles. The highest BCUT2D eigenvalue weighted by Crippen LogP contribution is 2.20. The molecule has 0 atom stereocenters. The maximum absolute atomic E-state index is 13.5. The summed E-state index contributed by atoms with van der Waals surface area (Å²) in [6, 6.07) is 5.53. The van der Waals surface area contributed by atoms with Gasteiger partial charge in [0.15, 0.2) is 0 Å². The number of rotatable bonds is 3. The number of nitrogens with zero attached hydrogens (tertiary/aromatic N) is 1. The lowest BCUT2D eigenvalue weighted by Gasteiger charge is -2.09. The Labute approximate surface area is 115 Å². The van der Waals surface area contributed by atoms with Crippen LogP contribution in [-0.4, -0.2) is 10.5 Å². The lowest BCUT2D eigenvalue weighted by Crippen LogP contribution is -2.17. The molecule has 0 radical (unpaired) electrons. The van der Waals surface area contributed by atoms with Crippen molar-refractivity contribution in [2.45, 2.75) is 13.5 Å². The molecule has 0 unspecified atom stereocenters. The summed E-state index contributed by atoms with van der Waals surface area (Å²) in [6.07, 6.45) is 1.65. The Bertz CT molecular complexity index is 624. The van der Waals surface area contributed by atoms with Crippen LogP contribution in [0.25, 0.3) is 0 Å². The average molecular weight is 282 g/mol. The average Bonchev–Trinajstić information content (AvgIpc) is 2.75. The molecule has 0 aliphatic heterocycles. The molecule has 2 aromatic rings. The zero-order valence-corrected chi connectivity index (χ0v) is 11.0. The fraction of sp³-hybridized carbons (Fsp3) is 0.154. The molecule has 19 heavy (non-hydrogen) atoms. The van der Waals surface area contributed by atoms with Crippen molar-refractivity contribution in [3.63, 3.8) is 0 Å². The van der Waals surface area contributed by atoms with Crippen LogP contribution >= 0.6 is 11.6 Å². The third-order valence-electron chi connectivity index (χ3n) is 2.68. The largest absolute Gasteiger partial charge is 0.399 e.